The number of quaternary nitrogens is 1. The maximum Gasteiger partial charge on any atom is 0.337 e. The first-order valence-corrected chi connectivity index (χ1v) is 14.3. The Morgan fingerprint density at radius 1 is 0.949 bits per heavy atom. The van der Waals surface area contributed by atoms with E-state index in [-0.39, 0.29) is 15.6 Å². The molecule has 1 aliphatic heterocycles. The number of hydrogen-bond acceptors (Lipinski definition) is 7. The number of thioether (sulfide) groups is 1. The van der Waals surface area contributed by atoms with E-state index in [1.54, 1.807) is 30.0 Å². The molecule has 8 heteroatoms. The summed E-state index contributed by atoms with van der Waals surface area (Å²) in [4.78, 5) is 25.8. The first-order valence-electron chi connectivity index (χ1n) is 13.3. The van der Waals surface area contributed by atoms with Gasteiger partial charge in [0.05, 0.1) is 32.9 Å². The Balaban J connectivity index is 1.51. The molecule has 1 fully saturated rings. The van der Waals surface area contributed by atoms with Crippen LogP contribution in [-0.4, -0.2) is 50.4 Å². The number of para-hydroxylation sites is 1. The zero-order valence-corrected chi connectivity index (χ0v) is 23.6. The van der Waals surface area contributed by atoms with Gasteiger partial charge < -0.3 is 18.9 Å². The predicted molar refractivity (Wildman–Crippen MR) is 155 cm³/mol. The van der Waals surface area contributed by atoms with Gasteiger partial charge in [-0.3, -0.25) is 0 Å². The minimum Gasteiger partial charge on any atom is -0.493 e. The molecule has 4 rings (SSSR count). The number of esters is 1. The van der Waals surface area contributed by atoms with Crippen LogP contribution in [0, 0.1) is 0 Å². The van der Waals surface area contributed by atoms with Crippen LogP contribution in [0.3, 0.4) is 0 Å². The summed E-state index contributed by atoms with van der Waals surface area (Å²) in [5.74, 6) is 2.94. The van der Waals surface area contributed by atoms with Gasteiger partial charge in [0.25, 0.3) is 0 Å². The molecule has 0 aromatic heterocycles. The molecule has 0 N–H and O–H groups in total. The second-order valence-electron chi connectivity index (χ2n) is 9.43. The number of unbranched alkanes of at least 4 members (excludes halogenated alkanes) is 1. The molecule has 3 aromatic rings. The summed E-state index contributed by atoms with van der Waals surface area (Å²) in [6.07, 6.45) is 3.64. The molecule has 0 saturated carbocycles. The van der Waals surface area contributed by atoms with Gasteiger partial charge in [-0.15, -0.1) is 0 Å². The first-order chi connectivity index (χ1) is 19.0. The van der Waals surface area contributed by atoms with E-state index >= 15 is 0 Å². The standard InChI is InChI=1S/C31H36NO6S/c1-4-5-15-29-30(33)32(22-39-29,24-11-9-14-26(21-24)38-25-12-7-6-8-13-25)18-10-19-37-27-17-16-23(31(34)36-3)20-28(27)35-2/h6-9,11-14,16-17,20-21,29H,4-5,10,15,18-19,22H2,1-3H3/q+1. The van der Waals surface area contributed by atoms with Crippen LogP contribution in [0.25, 0.3) is 0 Å². The summed E-state index contributed by atoms with van der Waals surface area (Å²) in [6, 6.07) is 22.5. The van der Waals surface area contributed by atoms with Crippen molar-refractivity contribution < 1.29 is 28.5 Å². The van der Waals surface area contributed by atoms with Crippen LogP contribution in [0.1, 0.15) is 43.0 Å². The van der Waals surface area contributed by atoms with Crippen molar-refractivity contribution in [3.8, 4) is 23.0 Å². The summed E-state index contributed by atoms with van der Waals surface area (Å²) >= 11 is 1.75. The van der Waals surface area contributed by atoms with Crippen molar-refractivity contribution in [2.75, 3.05) is 33.2 Å². The van der Waals surface area contributed by atoms with Crippen LogP contribution in [0.2, 0.25) is 0 Å². The molecule has 0 aliphatic carbocycles. The lowest BCUT2D eigenvalue weighted by Crippen LogP contribution is -2.53. The van der Waals surface area contributed by atoms with Crippen molar-refractivity contribution in [1.82, 2.24) is 4.48 Å². The average molecular weight is 551 g/mol. The van der Waals surface area contributed by atoms with E-state index in [0.29, 0.717) is 48.3 Å². The lowest BCUT2D eigenvalue weighted by Gasteiger charge is -2.31. The minimum atomic E-state index is -0.438. The smallest absolute Gasteiger partial charge is 0.337 e. The van der Waals surface area contributed by atoms with Crippen molar-refractivity contribution in [2.24, 2.45) is 0 Å². The maximum atomic E-state index is 13.9. The van der Waals surface area contributed by atoms with E-state index < -0.39 is 5.97 Å². The Morgan fingerprint density at radius 3 is 2.49 bits per heavy atom. The van der Waals surface area contributed by atoms with Crippen LogP contribution in [-0.2, 0) is 9.53 Å². The minimum absolute atomic E-state index is 0.0180. The summed E-state index contributed by atoms with van der Waals surface area (Å²) in [7, 11) is 2.87. The largest absolute Gasteiger partial charge is 0.493 e. The Kier molecular flexibility index (Phi) is 9.90. The van der Waals surface area contributed by atoms with E-state index in [1.807, 2.05) is 54.6 Å². The van der Waals surface area contributed by atoms with Gasteiger partial charge >= 0.3 is 11.9 Å². The fraction of sp³-hybridized carbons (Fsp3) is 0.355. The number of amides is 1. The first kappa shape index (κ1) is 28.5. The molecule has 0 spiro atoms. The van der Waals surface area contributed by atoms with Gasteiger partial charge in [-0.25, -0.2) is 14.1 Å². The van der Waals surface area contributed by atoms with Crippen molar-refractivity contribution >= 4 is 29.3 Å². The van der Waals surface area contributed by atoms with Gasteiger partial charge in [-0.2, -0.15) is 0 Å². The molecule has 2 unspecified atom stereocenters. The second-order valence-corrected chi connectivity index (χ2v) is 10.6. The highest BCUT2D eigenvalue weighted by molar-refractivity contribution is 8.01. The molecular weight excluding hydrogens is 514 g/mol. The molecular formula is C31H36NO6S+. The van der Waals surface area contributed by atoms with Gasteiger partial charge in [0, 0.05) is 12.5 Å². The number of hydrogen-bond donors (Lipinski definition) is 0. The van der Waals surface area contributed by atoms with Crippen molar-refractivity contribution in [3.63, 3.8) is 0 Å². The number of ether oxygens (including phenoxy) is 4. The molecule has 3 aromatic carbocycles. The monoisotopic (exact) mass is 550 g/mol. The number of benzene rings is 3. The number of nitrogens with zero attached hydrogens (tertiary/aromatic N) is 1. The summed E-state index contributed by atoms with van der Waals surface area (Å²) < 4.78 is 22.6. The molecule has 0 bridgehead atoms. The molecule has 0 radical (unpaired) electrons. The SMILES string of the molecule is CCCCC1SC[N+](CCCOc2ccc(C(=O)OC)cc2OC)(c2cccc(Oc3ccccc3)c2)C1=O. The molecule has 206 valence electrons. The quantitative estimate of drug-likeness (QED) is 0.131. The number of methoxy groups -OCH3 is 2. The lowest BCUT2D eigenvalue weighted by atomic mass is 10.1. The predicted octanol–water partition coefficient (Wildman–Crippen LogP) is 6.84. The van der Waals surface area contributed by atoms with Gasteiger partial charge in [0.2, 0.25) is 0 Å². The van der Waals surface area contributed by atoms with Crippen molar-refractivity contribution in [1.29, 1.82) is 0 Å². The summed E-state index contributed by atoms with van der Waals surface area (Å²) in [5, 5.41) is -0.0180. The van der Waals surface area contributed by atoms with Crippen molar-refractivity contribution in [2.45, 2.75) is 37.9 Å². The van der Waals surface area contributed by atoms with Gasteiger partial charge in [-0.05, 0) is 48.9 Å². The normalized spacial score (nSPS) is 18.5. The Labute approximate surface area is 234 Å². The van der Waals surface area contributed by atoms with E-state index in [0.717, 1.165) is 30.7 Å². The zero-order valence-electron chi connectivity index (χ0n) is 22.8. The molecule has 39 heavy (non-hydrogen) atoms. The summed E-state index contributed by atoms with van der Waals surface area (Å²) in [6.45, 7) is 3.15. The molecule has 1 heterocycles. The van der Waals surface area contributed by atoms with Crippen LogP contribution >= 0.6 is 11.8 Å². The van der Waals surface area contributed by atoms with E-state index in [4.69, 9.17) is 18.9 Å². The number of carbonyl (C=O) groups is 2. The molecule has 7 nitrogen and oxygen atoms in total. The summed E-state index contributed by atoms with van der Waals surface area (Å²) in [5.41, 5.74) is 1.32. The fourth-order valence-corrected chi connectivity index (χ4v) is 6.23. The zero-order chi connectivity index (χ0) is 27.7. The van der Waals surface area contributed by atoms with Crippen LogP contribution in [0.5, 0.6) is 23.0 Å². The molecule has 1 saturated heterocycles. The van der Waals surface area contributed by atoms with Gasteiger partial charge in [0.15, 0.2) is 11.5 Å². The third kappa shape index (κ3) is 6.75. The number of rotatable bonds is 13. The molecule has 1 aliphatic rings. The lowest BCUT2D eigenvalue weighted by molar-refractivity contribution is -0.128. The highest BCUT2D eigenvalue weighted by Crippen LogP contribution is 2.41. The Bertz CT molecular complexity index is 1270. The second kappa shape index (κ2) is 13.5. The van der Waals surface area contributed by atoms with E-state index in [1.165, 1.54) is 14.2 Å². The highest BCUT2D eigenvalue weighted by atomic mass is 32.2. The van der Waals surface area contributed by atoms with E-state index in [2.05, 4.69) is 6.92 Å². The molecule has 2 atom stereocenters. The van der Waals surface area contributed by atoms with Crippen LogP contribution in [0.4, 0.5) is 5.69 Å². The topological polar surface area (TPSA) is 71.1 Å². The third-order valence-electron chi connectivity index (χ3n) is 6.83. The number of carbonyl (C=O) groups excluding carboxylic acids is 2. The Hall–Kier alpha value is -3.49. The Morgan fingerprint density at radius 2 is 1.74 bits per heavy atom. The highest BCUT2D eigenvalue weighted by Gasteiger charge is 2.49. The average Bonchev–Trinajstić information content (AvgIpc) is 3.30. The van der Waals surface area contributed by atoms with Gasteiger partial charge in [0.1, 0.15) is 28.3 Å². The van der Waals surface area contributed by atoms with Crippen LogP contribution < -0.4 is 18.7 Å². The third-order valence-corrected chi connectivity index (χ3v) is 8.26. The molecule has 1 amide bonds. The van der Waals surface area contributed by atoms with Crippen LogP contribution in [0.15, 0.2) is 72.8 Å². The van der Waals surface area contributed by atoms with E-state index in [9.17, 15) is 9.59 Å². The van der Waals surface area contributed by atoms with Gasteiger partial charge in [-0.1, -0.05) is 55.8 Å². The fourth-order valence-electron chi connectivity index (χ4n) is 4.72. The van der Waals surface area contributed by atoms with Crippen molar-refractivity contribution in [3.05, 3.63) is 78.4 Å². The maximum absolute atomic E-state index is 13.9.